The van der Waals surface area contributed by atoms with Crippen molar-refractivity contribution in [1.82, 2.24) is 0 Å². The van der Waals surface area contributed by atoms with E-state index in [1.807, 2.05) is 0 Å². The zero-order valence-corrected chi connectivity index (χ0v) is 23.3. The molecule has 0 aromatic carbocycles. The average molecular weight is 574 g/mol. The highest BCUT2D eigenvalue weighted by molar-refractivity contribution is 5.68. The van der Waals surface area contributed by atoms with Crippen molar-refractivity contribution in [2.75, 3.05) is 13.2 Å². The summed E-state index contributed by atoms with van der Waals surface area (Å²) in [6.07, 6.45) is -9.05. The maximum Gasteiger partial charge on any atom is 0.303 e. The molecule has 0 radical (unpaired) electrons. The molecule has 0 unspecified atom stereocenters. The van der Waals surface area contributed by atoms with Gasteiger partial charge in [0.05, 0.1) is 6.61 Å². The first kappa shape index (κ1) is 30.4. The summed E-state index contributed by atoms with van der Waals surface area (Å²) in [6, 6.07) is -1.33. The van der Waals surface area contributed by atoms with Crippen molar-refractivity contribution in [3.05, 3.63) is 10.4 Å². The average Bonchev–Trinajstić information content (AvgIpc) is 3.44. The molecular weight excluding hydrogens is 538 g/mol. The minimum atomic E-state index is -1.40. The van der Waals surface area contributed by atoms with E-state index in [1.54, 1.807) is 27.7 Å². The Kier molecular flexibility index (Phi) is 8.92. The Morgan fingerprint density at radius 1 is 0.875 bits per heavy atom. The molecule has 0 spiro atoms. The van der Waals surface area contributed by atoms with Crippen molar-refractivity contribution < 1.29 is 61.8 Å². The van der Waals surface area contributed by atoms with E-state index in [-0.39, 0.29) is 13.2 Å². The van der Waals surface area contributed by atoms with Crippen molar-refractivity contribution in [3.8, 4) is 0 Å². The summed E-state index contributed by atoms with van der Waals surface area (Å²) in [6.45, 7) is 10.2. The van der Waals surface area contributed by atoms with Gasteiger partial charge in [-0.15, -0.1) is 0 Å². The number of nitrogens with zero attached hydrogens (tertiary/aromatic N) is 3. The lowest BCUT2D eigenvalue weighted by atomic mass is 9.96. The van der Waals surface area contributed by atoms with Gasteiger partial charge in [-0.25, -0.2) is 0 Å². The van der Waals surface area contributed by atoms with Crippen molar-refractivity contribution in [2.24, 2.45) is 5.11 Å². The number of rotatable bonds is 8. The highest BCUT2D eigenvalue weighted by Gasteiger charge is 2.61. The third kappa shape index (κ3) is 6.83. The third-order valence-corrected chi connectivity index (χ3v) is 6.57. The fourth-order valence-electron chi connectivity index (χ4n) is 5.17. The molecule has 4 heterocycles. The van der Waals surface area contributed by atoms with Crippen LogP contribution < -0.4 is 0 Å². The fraction of sp³-hybridized carbons (Fsp3) is 0.875. The minimum Gasteiger partial charge on any atom is -0.463 e. The Bertz CT molecular complexity index is 1030. The molecule has 16 heteroatoms. The molecule has 0 saturated carbocycles. The molecule has 4 aliphatic heterocycles. The largest absolute Gasteiger partial charge is 0.463 e. The van der Waals surface area contributed by atoms with Crippen LogP contribution in [0.3, 0.4) is 0 Å². The number of hydrogen-bond donors (Lipinski definition) is 0. The minimum absolute atomic E-state index is 0.186. The molecule has 0 aliphatic carbocycles. The third-order valence-electron chi connectivity index (χ3n) is 6.57. The van der Waals surface area contributed by atoms with Gasteiger partial charge in [0.1, 0.15) is 43.2 Å². The normalized spacial score (nSPS) is 39.6. The van der Waals surface area contributed by atoms with Crippen molar-refractivity contribution >= 4 is 17.9 Å². The van der Waals surface area contributed by atoms with Crippen LogP contribution in [0, 0.1) is 0 Å². The lowest BCUT2D eigenvalue weighted by Gasteiger charge is -2.44. The van der Waals surface area contributed by atoms with Crippen LogP contribution in [0.5, 0.6) is 0 Å². The number of carbonyl (C=O) groups excluding carboxylic acids is 3. The zero-order chi connectivity index (χ0) is 29.4. The van der Waals surface area contributed by atoms with Crippen LogP contribution in [0.25, 0.3) is 10.4 Å². The Hall–Kier alpha value is -2.56. The molecule has 16 nitrogen and oxygen atoms in total. The van der Waals surface area contributed by atoms with Crippen LogP contribution >= 0.6 is 0 Å². The second-order valence-corrected chi connectivity index (χ2v) is 10.7. The molecule has 0 bridgehead atoms. The molecule has 0 aromatic rings. The topological polar surface area (TPSA) is 192 Å². The highest BCUT2D eigenvalue weighted by Crippen LogP contribution is 2.43. The van der Waals surface area contributed by atoms with Gasteiger partial charge in [0.2, 0.25) is 0 Å². The Morgan fingerprint density at radius 3 is 2.12 bits per heavy atom. The predicted octanol–water partition coefficient (Wildman–Crippen LogP) is 1.23. The summed E-state index contributed by atoms with van der Waals surface area (Å²) in [5.74, 6) is -3.98. The SMILES string of the molecule is CC(=O)OC[C@H]1O[C@H](O[C@@H]2[C@H]3OC(C)(C)O[C@H]3O[C@@H]2[C@H]2COC(C)(C)O2)[C@@H](N=[N+]=[N-])[C@@H](OC(C)=O)[C@@H]1OC(C)=O. The second-order valence-electron chi connectivity index (χ2n) is 10.7. The van der Waals surface area contributed by atoms with Gasteiger partial charge in [0.25, 0.3) is 0 Å². The molecule has 4 fully saturated rings. The molecule has 4 aliphatic rings. The summed E-state index contributed by atoms with van der Waals surface area (Å²) in [4.78, 5) is 38.5. The van der Waals surface area contributed by atoms with Gasteiger partial charge in [0.15, 0.2) is 36.4 Å². The second kappa shape index (κ2) is 11.7. The number of esters is 3. The monoisotopic (exact) mass is 573 g/mol. The van der Waals surface area contributed by atoms with Gasteiger partial charge in [-0.3, -0.25) is 14.4 Å². The van der Waals surface area contributed by atoms with Gasteiger partial charge >= 0.3 is 17.9 Å². The van der Waals surface area contributed by atoms with E-state index in [4.69, 9.17) is 47.4 Å². The summed E-state index contributed by atoms with van der Waals surface area (Å²) in [5.41, 5.74) is 9.38. The molecule has 10 atom stereocenters. The van der Waals surface area contributed by atoms with E-state index < -0.39 is 90.8 Å². The lowest BCUT2D eigenvalue weighted by molar-refractivity contribution is -0.302. The van der Waals surface area contributed by atoms with Crippen molar-refractivity contribution in [3.63, 3.8) is 0 Å². The molecule has 4 saturated heterocycles. The van der Waals surface area contributed by atoms with Gasteiger partial charge in [-0.2, -0.15) is 0 Å². The van der Waals surface area contributed by atoms with Crippen molar-refractivity contribution in [2.45, 2.75) is 121 Å². The van der Waals surface area contributed by atoms with E-state index in [1.165, 1.54) is 6.92 Å². The lowest BCUT2D eigenvalue weighted by Crippen LogP contribution is -2.62. The number of azide groups is 1. The van der Waals surface area contributed by atoms with E-state index in [2.05, 4.69) is 10.0 Å². The van der Waals surface area contributed by atoms with Crippen molar-refractivity contribution in [1.29, 1.82) is 0 Å². The first-order valence-corrected chi connectivity index (χ1v) is 12.9. The molecule has 224 valence electrons. The van der Waals surface area contributed by atoms with Gasteiger partial charge in [0, 0.05) is 25.7 Å². The van der Waals surface area contributed by atoms with Crippen LogP contribution in [0.1, 0.15) is 48.5 Å². The molecule has 0 aromatic heterocycles. The van der Waals surface area contributed by atoms with Crippen LogP contribution in [0.4, 0.5) is 0 Å². The fourth-order valence-corrected chi connectivity index (χ4v) is 5.17. The van der Waals surface area contributed by atoms with Gasteiger partial charge in [-0.1, -0.05) is 5.11 Å². The first-order valence-electron chi connectivity index (χ1n) is 12.9. The summed E-state index contributed by atoms with van der Waals surface area (Å²) < 4.78 is 58.3. The first-order chi connectivity index (χ1) is 18.7. The van der Waals surface area contributed by atoms with E-state index in [9.17, 15) is 19.9 Å². The highest BCUT2D eigenvalue weighted by atomic mass is 16.9. The summed E-state index contributed by atoms with van der Waals surface area (Å²) in [7, 11) is 0. The Balaban J connectivity index is 1.68. The van der Waals surface area contributed by atoms with Crippen LogP contribution in [0.2, 0.25) is 0 Å². The number of ether oxygens (including phenoxy) is 10. The molecule has 40 heavy (non-hydrogen) atoms. The molecule has 0 N–H and O–H groups in total. The van der Waals surface area contributed by atoms with Gasteiger partial charge < -0.3 is 47.4 Å². The maximum absolute atomic E-state index is 12.1. The summed E-state index contributed by atoms with van der Waals surface area (Å²) >= 11 is 0. The van der Waals surface area contributed by atoms with Crippen LogP contribution in [-0.2, 0) is 61.8 Å². The molecule has 4 rings (SSSR count). The van der Waals surface area contributed by atoms with E-state index in [0.717, 1.165) is 13.8 Å². The van der Waals surface area contributed by atoms with Gasteiger partial charge in [-0.05, 0) is 33.2 Å². The molecular formula is C24H35N3O13. The zero-order valence-electron chi connectivity index (χ0n) is 23.3. The summed E-state index contributed by atoms with van der Waals surface area (Å²) in [5, 5.41) is 3.77. The molecule has 0 amide bonds. The maximum atomic E-state index is 12.1. The van der Waals surface area contributed by atoms with Crippen LogP contribution in [0.15, 0.2) is 5.11 Å². The quantitative estimate of drug-likeness (QED) is 0.132. The number of hydrogen-bond acceptors (Lipinski definition) is 14. The van der Waals surface area contributed by atoms with E-state index >= 15 is 0 Å². The Morgan fingerprint density at radius 2 is 1.55 bits per heavy atom. The smallest absolute Gasteiger partial charge is 0.303 e. The number of carbonyl (C=O) groups is 3. The van der Waals surface area contributed by atoms with E-state index in [0.29, 0.717) is 0 Å². The number of fused-ring (bicyclic) bond motifs is 1. The Labute approximate surface area is 230 Å². The standard InChI is InChI=1S/C24H35N3O13/c1-10(28)31-8-13-16(33-11(2)29)18(34-12(3)30)15(26-27-25)21(35-13)37-19-17(14-9-32-23(4,5)38-14)36-22-20(19)39-24(6,7)40-22/h13-22H,8-9H2,1-7H3/t13-,14-,15+,16-,17-,18-,19+,20-,21-,22-/m1/s1. The van der Waals surface area contributed by atoms with Crippen LogP contribution in [-0.4, -0.2) is 104 Å². The predicted molar refractivity (Wildman–Crippen MR) is 128 cm³/mol.